The highest BCUT2D eigenvalue weighted by atomic mass is 14.9. The van der Waals surface area contributed by atoms with Crippen LogP contribution in [-0.2, 0) is 0 Å². The molecule has 0 bridgehead atoms. The molecule has 19 heavy (non-hydrogen) atoms. The van der Waals surface area contributed by atoms with Crippen molar-refractivity contribution in [2.75, 3.05) is 0 Å². The zero-order valence-corrected chi connectivity index (χ0v) is 11.4. The summed E-state index contributed by atoms with van der Waals surface area (Å²) in [6.07, 6.45) is 0. The van der Waals surface area contributed by atoms with Crippen LogP contribution in [0.15, 0.2) is 36.4 Å². The SMILES string of the molecule is Cc1nc(C(C)C)nc2cc(-c3ccccc3)[nH]c12. The van der Waals surface area contributed by atoms with Crippen LogP contribution in [0.3, 0.4) is 0 Å². The summed E-state index contributed by atoms with van der Waals surface area (Å²) in [4.78, 5) is 12.6. The van der Waals surface area contributed by atoms with E-state index in [0.717, 1.165) is 28.2 Å². The summed E-state index contributed by atoms with van der Waals surface area (Å²) in [6, 6.07) is 12.4. The van der Waals surface area contributed by atoms with Crippen molar-refractivity contribution in [3.05, 3.63) is 47.9 Å². The van der Waals surface area contributed by atoms with Crippen LogP contribution in [0.1, 0.15) is 31.3 Å². The molecule has 96 valence electrons. The molecular weight excluding hydrogens is 234 g/mol. The van der Waals surface area contributed by atoms with Crippen molar-refractivity contribution in [1.29, 1.82) is 0 Å². The lowest BCUT2D eigenvalue weighted by atomic mass is 10.1. The predicted molar refractivity (Wildman–Crippen MR) is 78.2 cm³/mol. The Morgan fingerprint density at radius 1 is 1.05 bits per heavy atom. The third-order valence-corrected chi connectivity index (χ3v) is 3.28. The Labute approximate surface area is 112 Å². The van der Waals surface area contributed by atoms with Gasteiger partial charge in [0.15, 0.2) is 0 Å². The predicted octanol–water partition coefficient (Wildman–Crippen LogP) is 4.06. The number of aromatic amines is 1. The van der Waals surface area contributed by atoms with Gasteiger partial charge in [0.25, 0.3) is 0 Å². The highest BCUT2D eigenvalue weighted by molar-refractivity contribution is 5.84. The fraction of sp³-hybridized carbons (Fsp3) is 0.250. The number of benzene rings is 1. The number of nitrogens with zero attached hydrogens (tertiary/aromatic N) is 2. The first kappa shape index (κ1) is 11.9. The molecule has 0 aliphatic rings. The lowest BCUT2D eigenvalue weighted by Gasteiger charge is -2.04. The molecule has 0 amide bonds. The maximum Gasteiger partial charge on any atom is 0.131 e. The van der Waals surface area contributed by atoms with Crippen LogP contribution in [0.25, 0.3) is 22.3 Å². The van der Waals surface area contributed by atoms with Crippen LogP contribution in [0, 0.1) is 6.92 Å². The van der Waals surface area contributed by atoms with E-state index in [2.05, 4.69) is 47.0 Å². The second-order valence-corrected chi connectivity index (χ2v) is 5.13. The molecule has 1 N–H and O–H groups in total. The van der Waals surface area contributed by atoms with E-state index >= 15 is 0 Å². The Bertz CT molecular complexity index is 711. The smallest absolute Gasteiger partial charge is 0.131 e. The van der Waals surface area contributed by atoms with E-state index in [1.807, 2.05) is 25.1 Å². The molecule has 0 spiro atoms. The Balaban J connectivity index is 2.18. The molecule has 2 aromatic heterocycles. The molecule has 0 fully saturated rings. The van der Waals surface area contributed by atoms with Gasteiger partial charge in [-0.05, 0) is 18.6 Å². The van der Waals surface area contributed by atoms with E-state index in [0.29, 0.717) is 5.92 Å². The first-order valence-corrected chi connectivity index (χ1v) is 6.58. The normalized spacial score (nSPS) is 11.4. The first-order valence-electron chi connectivity index (χ1n) is 6.58. The van der Waals surface area contributed by atoms with E-state index in [4.69, 9.17) is 0 Å². The molecule has 1 aromatic carbocycles. The summed E-state index contributed by atoms with van der Waals surface area (Å²) < 4.78 is 0. The third-order valence-electron chi connectivity index (χ3n) is 3.28. The van der Waals surface area contributed by atoms with Crippen molar-refractivity contribution >= 4 is 11.0 Å². The molecule has 3 nitrogen and oxygen atoms in total. The fourth-order valence-corrected chi connectivity index (χ4v) is 2.22. The average molecular weight is 251 g/mol. The standard InChI is InChI=1S/C16H17N3/c1-10(2)16-17-11(3)15-14(19-16)9-13(18-15)12-7-5-4-6-8-12/h4-10,18H,1-3H3. The minimum Gasteiger partial charge on any atom is -0.352 e. The van der Waals surface area contributed by atoms with Crippen LogP contribution < -0.4 is 0 Å². The number of aryl methyl sites for hydroxylation is 1. The summed E-state index contributed by atoms with van der Waals surface area (Å²) in [5.41, 5.74) is 5.30. The largest absolute Gasteiger partial charge is 0.352 e. The van der Waals surface area contributed by atoms with Gasteiger partial charge in [-0.1, -0.05) is 44.2 Å². The van der Waals surface area contributed by atoms with Gasteiger partial charge in [-0.2, -0.15) is 0 Å². The van der Waals surface area contributed by atoms with Crippen molar-refractivity contribution in [2.45, 2.75) is 26.7 Å². The molecule has 0 saturated heterocycles. The molecule has 0 radical (unpaired) electrons. The average Bonchev–Trinajstić information content (AvgIpc) is 2.84. The van der Waals surface area contributed by atoms with Gasteiger partial charge in [0, 0.05) is 11.6 Å². The minimum atomic E-state index is 0.346. The van der Waals surface area contributed by atoms with Crippen molar-refractivity contribution in [1.82, 2.24) is 15.0 Å². The Morgan fingerprint density at radius 3 is 2.47 bits per heavy atom. The maximum absolute atomic E-state index is 4.64. The summed E-state index contributed by atoms with van der Waals surface area (Å²) in [5.74, 6) is 1.25. The molecule has 3 heteroatoms. The van der Waals surface area contributed by atoms with E-state index < -0.39 is 0 Å². The fourth-order valence-electron chi connectivity index (χ4n) is 2.22. The van der Waals surface area contributed by atoms with Crippen LogP contribution in [0.2, 0.25) is 0 Å². The first-order chi connectivity index (χ1) is 9.15. The van der Waals surface area contributed by atoms with Crippen molar-refractivity contribution in [2.24, 2.45) is 0 Å². The molecule has 2 heterocycles. The van der Waals surface area contributed by atoms with Gasteiger partial charge >= 0.3 is 0 Å². The van der Waals surface area contributed by atoms with E-state index in [-0.39, 0.29) is 0 Å². The van der Waals surface area contributed by atoms with Gasteiger partial charge in [0.1, 0.15) is 5.82 Å². The number of rotatable bonds is 2. The second-order valence-electron chi connectivity index (χ2n) is 5.13. The number of hydrogen-bond acceptors (Lipinski definition) is 2. The number of H-pyrrole nitrogens is 1. The van der Waals surface area contributed by atoms with Crippen LogP contribution >= 0.6 is 0 Å². The summed E-state index contributed by atoms with van der Waals surface area (Å²) in [7, 11) is 0. The highest BCUT2D eigenvalue weighted by Crippen LogP contribution is 2.25. The Kier molecular flexibility index (Phi) is 2.82. The molecular formula is C16H17N3. The van der Waals surface area contributed by atoms with Gasteiger partial charge in [-0.25, -0.2) is 9.97 Å². The Hall–Kier alpha value is -2.16. The molecule has 0 aliphatic carbocycles. The second kappa shape index (κ2) is 4.50. The molecule has 0 unspecified atom stereocenters. The summed E-state index contributed by atoms with van der Waals surface area (Å²) in [5, 5.41) is 0. The van der Waals surface area contributed by atoms with Crippen molar-refractivity contribution < 1.29 is 0 Å². The lowest BCUT2D eigenvalue weighted by Crippen LogP contribution is -1.99. The van der Waals surface area contributed by atoms with Crippen molar-refractivity contribution in [3.8, 4) is 11.3 Å². The molecule has 3 aromatic rings. The van der Waals surface area contributed by atoms with Crippen LogP contribution in [0.4, 0.5) is 0 Å². The van der Waals surface area contributed by atoms with E-state index in [1.54, 1.807) is 0 Å². The quantitative estimate of drug-likeness (QED) is 0.746. The van der Waals surface area contributed by atoms with Crippen molar-refractivity contribution in [3.63, 3.8) is 0 Å². The van der Waals surface area contributed by atoms with E-state index in [1.165, 1.54) is 5.56 Å². The van der Waals surface area contributed by atoms with Gasteiger partial charge in [0.2, 0.25) is 0 Å². The number of nitrogens with one attached hydrogen (secondary N) is 1. The maximum atomic E-state index is 4.64. The van der Waals surface area contributed by atoms with Gasteiger partial charge in [-0.3, -0.25) is 0 Å². The van der Waals surface area contributed by atoms with Crippen LogP contribution in [-0.4, -0.2) is 15.0 Å². The van der Waals surface area contributed by atoms with Gasteiger partial charge in [-0.15, -0.1) is 0 Å². The zero-order valence-electron chi connectivity index (χ0n) is 11.4. The van der Waals surface area contributed by atoms with Gasteiger partial charge in [0.05, 0.1) is 16.7 Å². The highest BCUT2D eigenvalue weighted by Gasteiger charge is 2.11. The molecule has 0 atom stereocenters. The third kappa shape index (κ3) is 2.12. The molecule has 3 rings (SSSR count). The minimum absolute atomic E-state index is 0.346. The monoisotopic (exact) mass is 251 g/mol. The zero-order chi connectivity index (χ0) is 13.4. The van der Waals surface area contributed by atoms with E-state index in [9.17, 15) is 0 Å². The number of aromatic nitrogens is 3. The van der Waals surface area contributed by atoms with Crippen LogP contribution in [0.5, 0.6) is 0 Å². The van der Waals surface area contributed by atoms with Gasteiger partial charge < -0.3 is 4.98 Å². The summed E-state index contributed by atoms with van der Waals surface area (Å²) >= 11 is 0. The number of fused-ring (bicyclic) bond motifs is 1. The lowest BCUT2D eigenvalue weighted by molar-refractivity contribution is 0.776. The molecule has 0 aliphatic heterocycles. The Morgan fingerprint density at radius 2 is 1.79 bits per heavy atom. The topological polar surface area (TPSA) is 41.6 Å². The number of hydrogen-bond donors (Lipinski definition) is 1. The molecule has 0 saturated carbocycles. The summed E-state index contributed by atoms with van der Waals surface area (Å²) in [6.45, 7) is 6.26.